The molecule has 366 valence electrons. The smallest absolute Gasteiger partial charge is 0.343 e. The predicted molar refractivity (Wildman–Crippen MR) is 274 cm³/mol. The van der Waals surface area contributed by atoms with Crippen molar-refractivity contribution in [3.63, 3.8) is 0 Å². The maximum absolute atomic E-state index is 14.9. The Bertz CT molecular complexity index is 2240. The lowest BCUT2D eigenvalue weighted by molar-refractivity contribution is -0.150. The van der Waals surface area contributed by atoms with Gasteiger partial charge in [-0.15, -0.1) is 0 Å². The number of amides is 2. The van der Waals surface area contributed by atoms with Gasteiger partial charge in [-0.25, -0.2) is 19.3 Å². The first-order valence-electron chi connectivity index (χ1n) is 25.3. The number of aromatic hydroxyl groups is 1. The van der Waals surface area contributed by atoms with Crippen molar-refractivity contribution in [3.05, 3.63) is 79.8 Å². The Balaban J connectivity index is 1.66. The van der Waals surface area contributed by atoms with E-state index in [9.17, 15) is 24.3 Å². The number of aliphatic imine (C=N–C) groups is 1. The molecule has 0 bridgehead atoms. The lowest BCUT2D eigenvalue weighted by Crippen LogP contribution is -2.37. The van der Waals surface area contributed by atoms with E-state index in [1.54, 1.807) is 24.3 Å². The van der Waals surface area contributed by atoms with Crippen LogP contribution in [0.5, 0.6) is 5.75 Å². The van der Waals surface area contributed by atoms with Crippen molar-refractivity contribution >= 4 is 69.5 Å². The second-order valence-electron chi connectivity index (χ2n) is 19.1. The monoisotopic (exact) mass is 960 g/mol. The summed E-state index contributed by atoms with van der Waals surface area (Å²) in [4.78, 5) is 69.3. The molecule has 3 aromatic rings. The van der Waals surface area contributed by atoms with Crippen LogP contribution in [0.15, 0.2) is 52.3 Å². The number of fused-ring (bicyclic) bond motifs is 1. The number of carbonyl (C=O) groups is 3. The van der Waals surface area contributed by atoms with Crippen molar-refractivity contribution in [2.75, 3.05) is 18.4 Å². The summed E-state index contributed by atoms with van der Waals surface area (Å²) in [5.41, 5.74) is 0.300. The minimum Gasteiger partial charge on any atom is -0.506 e. The molecule has 1 aliphatic carbocycles. The van der Waals surface area contributed by atoms with Crippen LogP contribution in [0.1, 0.15) is 186 Å². The van der Waals surface area contributed by atoms with Crippen molar-refractivity contribution in [1.29, 1.82) is 0 Å². The number of allylic oxidation sites excluding steroid dienone is 1. The van der Waals surface area contributed by atoms with Gasteiger partial charge >= 0.3 is 5.97 Å². The Morgan fingerprint density at radius 2 is 1.42 bits per heavy atom. The molecule has 1 aromatic heterocycles. The molecule has 1 aliphatic heterocycles. The summed E-state index contributed by atoms with van der Waals surface area (Å²) in [6, 6.07) is 11.0. The molecule has 1 saturated carbocycles. The quantitative estimate of drug-likeness (QED) is 0.0636. The van der Waals surface area contributed by atoms with Gasteiger partial charge in [-0.3, -0.25) is 14.4 Å². The SMILES string of the molecule is CCCCCCCCN(CCCCCCCC)C(=O)c1cc(N=C2C(c3ccc(Cl)cc3)=C(C(=O)OC3C(C)CC(C)CC3C)c3nc(NC(=O)C(CC)CCCC)cc(=O)n32)cc(Cl)c1O. The summed E-state index contributed by atoms with van der Waals surface area (Å²) >= 11 is 13.2. The number of anilines is 1. The fourth-order valence-corrected chi connectivity index (χ4v) is 10.2. The van der Waals surface area contributed by atoms with E-state index in [0.29, 0.717) is 42.4 Å². The molecule has 0 spiro atoms. The molecule has 2 heterocycles. The third-order valence-electron chi connectivity index (χ3n) is 13.5. The number of hydrogen-bond donors (Lipinski definition) is 2. The first-order valence-corrected chi connectivity index (χ1v) is 26.1. The van der Waals surface area contributed by atoms with Crippen molar-refractivity contribution in [1.82, 2.24) is 14.5 Å². The Morgan fingerprint density at radius 1 is 0.836 bits per heavy atom. The molecular formula is C54H75Cl2N5O6. The van der Waals surface area contributed by atoms with Gasteiger partial charge in [-0.05, 0) is 86.1 Å². The van der Waals surface area contributed by atoms with Crippen LogP contribution in [0.2, 0.25) is 10.0 Å². The molecule has 0 radical (unpaired) electrons. The zero-order chi connectivity index (χ0) is 48.6. The van der Waals surface area contributed by atoms with Crippen LogP contribution < -0.4 is 10.9 Å². The fourth-order valence-electron chi connectivity index (χ4n) is 9.84. The van der Waals surface area contributed by atoms with Crippen LogP contribution >= 0.6 is 23.2 Å². The first kappa shape index (κ1) is 53.5. The Hall–Kier alpha value is -4.48. The molecule has 67 heavy (non-hydrogen) atoms. The van der Waals surface area contributed by atoms with Crippen LogP contribution in [-0.2, 0) is 14.3 Å². The van der Waals surface area contributed by atoms with E-state index in [1.165, 1.54) is 35.6 Å². The van der Waals surface area contributed by atoms with Gasteiger partial charge in [0.05, 0.1) is 16.3 Å². The van der Waals surface area contributed by atoms with E-state index in [1.807, 2.05) is 11.8 Å². The maximum Gasteiger partial charge on any atom is 0.343 e. The highest BCUT2D eigenvalue weighted by molar-refractivity contribution is 6.44. The highest BCUT2D eigenvalue weighted by atomic mass is 35.5. The Morgan fingerprint density at radius 3 is 2.00 bits per heavy atom. The highest BCUT2D eigenvalue weighted by Crippen LogP contribution is 2.41. The van der Waals surface area contributed by atoms with Gasteiger partial charge < -0.3 is 20.1 Å². The summed E-state index contributed by atoms with van der Waals surface area (Å²) in [7, 11) is 0. The van der Waals surface area contributed by atoms with E-state index in [4.69, 9.17) is 37.9 Å². The van der Waals surface area contributed by atoms with Crippen molar-refractivity contribution in [2.45, 2.75) is 170 Å². The second-order valence-corrected chi connectivity index (χ2v) is 20.0. The summed E-state index contributed by atoms with van der Waals surface area (Å²) in [6.07, 6.45) is 17.3. The van der Waals surface area contributed by atoms with E-state index < -0.39 is 17.6 Å². The molecule has 2 aromatic carbocycles. The number of phenols is 1. The summed E-state index contributed by atoms with van der Waals surface area (Å²) in [6.45, 7) is 15.8. The van der Waals surface area contributed by atoms with E-state index in [-0.39, 0.29) is 80.2 Å². The van der Waals surface area contributed by atoms with Gasteiger partial charge in [0.25, 0.3) is 11.5 Å². The molecule has 3 unspecified atom stereocenters. The standard InChI is InChI=1S/C54H75Cl2N5O6/c1-8-12-15-17-19-21-28-60(29-22-20-18-16-13-9-2)53(65)42-32-41(33-43(56)48(42)63)57-50-46(39-24-26-40(55)27-25-39)47(54(66)67-49-36(6)30-35(5)31-37(49)7)51-58-44(34-45(62)61(50)51)59-52(64)38(11-4)23-14-10-3/h24-27,32-38,49,63H,8-23,28-31H2,1-7H3,(H,59,64). The summed E-state index contributed by atoms with van der Waals surface area (Å²) in [5.74, 6) is -1.36. The number of unbranched alkanes of at least 4 members (excludes halogenated alkanes) is 11. The van der Waals surface area contributed by atoms with Crippen LogP contribution in [0.4, 0.5) is 11.5 Å². The zero-order valence-corrected chi connectivity index (χ0v) is 42.6. The highest BCUT2D eigenvalue weighted by Gasteiger charge is 2.41. The molecule has 2 amide bonds. The van der Waals surface area contributed by atoms with Gasteiger partial charge in [-0.1, -0.05) is 161 Å². The van der Waals surface area contributed by atoms with Crippen molar-refractivity contribution in [3.8, 4) is 5.75 Å². The number of nitrogens with zero attached hydrogens (tertiary/aromatic N) is 4. The number of benzene rings is 2. The number of rotatable bonds is 25. The summed E-state index contributed by atoms with van der Waals surface area (Å²) in [5, 5.41) is 14.7. The normalized spacial score (nSPS) is 19.1. The van der Waals surface area contributed by atoms with Crippen LogP contribution in [0.25, 0.3) is 11.1 Å². The lowest BCUT2D eigenvalue weighted by Gasteiger charge is -2.37. The molecular weight excluding hydrogens is 886 g/mol. The van der Waals surface area contributed by atoms with Gasteiger partial charge in [0, 0.05) is 35.7 Å². The molecule has 2 aliphatic rings. The largest absolute Gasteiger partial charge is 0.506 e. The lowest BCUT2D eigenvalue weighted by atomic mass is 9.75. The number of phenolic OH excluding ortho intramolecular Hbond substituents is 1. The third kappa shape index (κ3) is 14.3. The van der Waals surface area contributed by atoms with E-state index in [0.717, 1.165) is 89.9 Å². The zero-order valence-electron chi connectivity index (χ0n) is 41.1. The number of ether oxygens (including phenoxy) is 1. The molecule has 0 saturated heterocycles. The topological polar surface area (TPSA) is 143 Å². The van der Waals surface area contributed by atoms with E-state index >= 15 is 0 Å². The molecule has 2 N–H and O–H groups in total. The average Bonchev–Trinajstić information content (AvgIpc) is 3.61. The van der Waals surface area contributed by atoms with Crippen LogP contribution in [0, 0.1) is 23.7 Å². The molecule has 5 rings (SSSR count). The van der Waals surface area contributed by atoms with Gasteiger partial charge in [0.1, 0.15) is 23.2 Å². The molecule has 13 heteroatoms. The number of esters is 1. The number of nitrogens with one attached hydrogen (secondary N) is 1. The van der Waals surface area contributed by atoms with E-state index in [2.05, 4.69) is 46.9 Å². The Kier molecular flexibility index (Phi) is 21.0. The fraction of sp³-hybridized carbons (Fsp3) is 0.593. The van der Waals surface area contributed by atoms with Gasteiger partial charge in [0.2, 0.25) is 5.91 Å². The number of aromatic nitrogens is 2. The number of carbonyl (C=O) groups excluding carboxylic acids is 3. The second kappa shape index (κ2) is 26.3. The van der Waals surface area contributed by atoms with Gasteiger partial charge in [-0.2, -0.15) is 0 Å². The first-order chi connectivity index (χ1) is 32.2. The maximum atomic E-state index is 14.9. The van der Waals surface area contributed by atoms with Gasteiger partial charge in [0.15, 0.2) is 11.7 Å². The minimum absolute atomic E-state index is 0.00260. The predicted octanol–water partition coefficient (Wildman–Crippen LogP) is 13.7. The number of halogens is 2. The molecule has 3 atom stereocenters. The van der Waals surface area contributed by atoms with Crippen molar-refractivity contribution < 1.29 is 24.2 Å². The average molecular weight is 961 g/mol. The van der Waals surface area contributed by atoms with Crippen molar-refractivity contribution in [2.24, 2.45) is 28.7 Å². The van der Waals surface area contributed by atoms with Crippen LogP contribution in [-0.4, -0.2) is 62.4 Å². The Labute approximate surface area is 409 Å². The third-order valence-corrected chi connectivity index (χ3v) is 14.0. The number of hydrogen-bond acceptors (Lipinski definition) is 8. The summed E-state index contributed by atoms with van der Waals surface area (Å²) < 4.78 is 7.69. The minimum atomic E-state index is -0.688. The molecule has 11 nitrogen and oxygen atoms in total. The molecule has 1 fully saturated rings. The van der Waals surface area contributed by atoms with Crippen LogP contribution in [0.3, 0.4) is 0 Å².